The summed E-state index contributed by atoms with van der Waals surface area (Å²) < 4.78 is 0. The monoisotopic (exact) mass is 211 g/mol. The fraction of sp³-hybridized carbons (Fsp3) is 0.643. The molecule has 0 saturated carbocycles. The first-order chi connectivity index (χ1) is 7.17. The Balaban J connectivity index is -0.000000318. The molecule has 0 aliphatic rings. The van der Waals surface area contributed by atoms with Gasteiger partial charge in [0.15, 0.2) is 0 Å². The largest absolute Gasteiger partial charge is 0.305 e. The van der Waals surface area contributed by atoms with Crippen LogP contribution in [-0.2, 0) is 0 Å². The number of hydrogen-bond acceptors (Lipinski definition) is 1. The maximum Gasteiger partial charge on any atom is 0.0345 e. The molecular weight excluding hydrogens is 182 g/mol. The summed E-state index contributed by atoms with van der Waals surface area (Å²) in [6, 6.07) is 0. The Morgan fingerprint density at radius 1 is 1.07 bits per heavy atom. The van der Waals surface area contributed by atoms with Crippen molar-refractivity contribution < 1.29 is 0 Å². The van der Waals surface area contributed by atoms with Gasteiger partial charge in [0.1, 0.15) is 0 Å². The van der Waals surface area contributed by atoms with Gasteiger partial charge in [-0.25, -0.2) is 0 Å². The highest BCUT2D eigenvalue weighted by Gasteiger charge is 2.01. The third-order valence-corrected chi connectivity index (χ3v) is 1.85. The molecule has 0 atom stereocenters. The van der Waals surface area contributed by atoms with Gasteiger partial charge in [-0.2, -0.15) is 0 Å². The van der Waals surface area contributed by atoms with Crippen LogP contribution in [0.5, 0.6) is 0 Å². The Labute approximate surface area is 96.8 Å². The van der Waals surface area contributed by atoms with Crippen LogP contribution in [0.1, 0.15) is 61.3 Å². The van der Waals surface area contributed by atoms with Crippen LogP contribution >= 0.6 is 0 Å². The molecule has 0 amide bonds. The minimum atomic E-state index is 0.741. The van der Waals surface area contributed by atoms with E-state index in [1.54, 1.807) is 0 Å². The van der Waals surface area contributed by atoms with E-state index in [1.165, 1.54) is 0 Å². The van der Waals surface area contributed by atoms with Gasteiger partial charge < -0.3 is 5.41 Å². The minimum Gasteiger partial charge on any atom is -0.305 e. The molecule has 90 valence electrons. The van der Waals surface area contributed by atoms with Crippen molar-refractivity contribution in [2.75, 3.05) is 0 Å². The number of allylic oxidation sites excluding steroid dienone is 3. The van der Waals surface area contributed by atoms with Crippen molar-refractivity contribution in [3.8, 4) is 0 Å². The minimum absolute atomic E-state index is 0.741. The van der Waals surface area contributed by atoms with Crippen LogP contribution in [0, 0.1) is 5.41 Å². The molecule has 0 heterocycles. The van der Waals surface area contributed by atoms with Crippen LogP contribution in [0.3, 0.4) is 0 Å². The lowest BCUT2D eigenvalue weighted by molar-refractivity contribution is 1.10. The Morgan fingerprint density at radius 2 is 1.47 bits per heavy atom. The van der Waals surface area contributed by atoms with Crippen molar-refractivity contribution in [2.24, 2.45) is 0 Å². The van der Waals surface area contributed by atoms with Gasteiger partial charge >= 0.3 is 0 Å². The second-order valence-corrected chi connectivity index (χ2v) is 2.55. The van der Waals surface area contributed by atoms with E-state index < -0.39 is 0 Å². The van der Waals surface area contributed by atoms with E-state index in [2.05, 4.69) is 13.5 Å². The van der Waals surface area contributed by atoms with Crippen molar-refractivity contribution in [3.63, 3.8) is 0 Å². The lowest BCUT2D eigenvalue weighted by atomic mass is 10.0. The summed E-state index contributed by atoms with van der Waals surface area (Å²) >= 11 is 0. The van der Waals surface area contributed by atoms with Crippen molar-refractivity contribution in [3.05, 3.63) is 23.8 Å². The number of rotatable bonds is 4. The highest BCUT2D eigenvalue weighted by atomic mass is 14.4. The third-order valence-electron chi connectivity index (χ3n) is 1.85. The molecule has 0 rings (SSSR count). The van der Waals surface area contributed by atoms with E-state index in [9.17, 15) is 0 Å². The van der Waals surface area contributed by atoms with Crippen LogP contribution in [0.2, 0.25) is 0 Å². The van der Waals surface area contributed by atoms with E-state index in [-0.39, 0.29) is 0 Å². The van der Waals surface area contributed by atoms with Crippen LogP contribution in [0.15, 0.2) is 23.8 Å². The summed E-state index contributed by atoms with van der Waals surface area (Å²) in [5, 5.41) is 7.62. The molecule has 0 aromatic carbocycles. The van der Waals surface area contributed by atoms with Gasteiger partial charge in [0, 0.05) is 5.71 Å². The van der Waals surface area contributed by atoms with Crippen LogP contribution in [-0.4, -0.2) is 5.71 Å². The maximum absolute atomic E-state index is 7.62. The van der Waals surface area contributed by atoms with Gasteiger partial charge in [-0.05, 0) is 30.9 Å². The molecule has 15 heavy (non-hydrogen) atoms. The van der Waals surface area contributed by atoms with E-state index in [0.29, 0.717) is 0 Å². The number of nitrogens with one attached hydrogen (secondary N) is 1. The van der Waals surface area contributed by atoms with E-state index >= 15 is 0 Å². The first-order valence-electron chi connectivity index (χ1n) is 6.07. The zero-order chi connectivity index (χ0) is 12.9. The Bertz CT molecular complexity index is 188. The zero-order valence-electron chi connectivity index (χ0n) is 11.7. The molecule has 0 aromatic heterocycles. The maximum atomic E-state index is 7.62. The smallest absolute Gasteiger partial charge is 0.0345 e. The summed E-state index contributed by atoms with van der Waals surface area (Å²) in [7, 11) is 0. The number of hydrogen-bond donors (Lipinski definition) is 1. The van der Waals surface area contributed by atoms with Crippen molar-refractivity contribution >= 4 is 5.71 Å². The molecule has 0 spiro atoms. The molecule has 0 aliphatic carbocycles. The topological polar surface area (TPSA) is 23.9 Å². The molecule has 1 nitrogen and oxygen atoms in total. The second kappa shape index (κ2) is 15.6. The van der Waals surface area contributed by atoms with Gasteiger partial charge in [-0.3, -0.25) is 0 Å². The molecule has 0 bridgehead atoms. The molecule has 0 aliphatic heterocycles. The molecule has 0 fully saturated rings. The third kappa shape index (κ3) is 9.45. The predicted molar refractivity (Wildman–Crippen MR) is 73.9 cm³/mol. The van der Waals surface area contributed by atoms with Crippen LogP contribution in [0.4, 0.5) is 0 Å². The average molecular weight is 211 g/mol. The summed E-state index contributed by atoms with van der Waals surface area (Å²) in [6.07, 6.45) is 3.57. The van der Waals surface area contributed by atoms with Gasteiger partial charge in [0.05, 0.1) is 0 Å². The van der Waals surface area contributed by atoms with Crippen molar-refractivity contribution in [2.45, 2.75) is 61.3 Å². The first kappa shape index (κ1) is 19.7. The normalized spacial score (nSPS) is 9.80. The Hall–Kier alpha value is -0.850. The molecule has 0 unspecified atom stereocenters. The van der Waals surface area contributed by atoms with Crippen molar-refractivity contribution in [1.29, 1.82) is 5.41 Å². The average Bonchev–Trinajstić information content (AvgIpc) is 2.34. The lowest BCUT2D eigenvalue weighted by Crippen LogP contribution is -2.00. The molecule has 0 saturated heterocycles. The Kier molecular flexibility index (Phi) is 20.5. The Morgan fingerprint density at radius 3 is 1.67 bits per heavy atom. The van der Waals surface area contributed by atoms with E-state index in [4.69, 9.17) is 5.41 Å². The zero-order valence-corrected chi connectivity index (χ0v) is 11.7. The van der Waals surface area contributed by atoms with Crippen LogP contribution in [0.25, 0.3) is 0 Å². The van der Waals surface area contributed by atoms with Crippen molar-refractivity contribution in [1.82, 2.24) is 0 Å². The van der Waals surface area contributed by atoms with Gasteiger partial charge in [-0.15, -0.1) is 0 Å². The van der Waals surface area contributed by atoms with E-state index in [1.807, 2.05) is 47.6 Å². The molecule has 1 heteroatoms. The summed E-state index contributed by atoms with van der Waals surface area (Å²) in [6.45, 7) is 17.8. The first-order valence-corrected chi connectivity index (χ1v) is 6.07. The second-order valence-electron chi connectivity index (χ2n) is 2.55. The molecule has 1 N–H and O–H groups in total. The predicted octanol–water partition coefficient (Wildman–Crippen LogP) is 5.38. The molecular formula is C14H29N. The molecule has 0 radical (unpaired) electrons. The highest BCUT2D eigenvalue weighted by molar-refractivity contribution is 5.98. The fourth-order valence-electron chi connectivity index (χ4n) is 1.07. The fourth-order valence-corrected chi connectivity index (χ4v) is 1.07. The van der Waals surface area contributed by atoms with Gasteiger partial charge in [0.2, 0.25) is 0 Å². The lowest BCUT2D eigenvalue weighted by Gasteiger charge is -2.06. The summed E-state index contributed by atoms with van der Waals surface area (Å²) in [4.78, 5) is 0. The quantitative estimate of drug-likeness (QED) is 0.477. The van der Waals surface area contributed by atoms with Crippen LogP contribution < -0.4 is 0 Å². The summed E-state index contributed by atoms with van der Waals surface area (Å²) in [5.41, 5.74) is 3.02. The van der Waals surface area contributed by atoms with E-state index in [0.717, 1.165) is 29.7 Å². The summed E-state index contributed by atoms with van der Waals surface area (Å²) in [5.74, 6) is 0. The van der Waals surface area contributed by atoms with Gasteiger partial charge in [-0.1, -0.05) is 54.2 Å². The SMILES string of the molecule is C=C/C(C)=C(/CC)C(=N)CC.CC.CC. The highest BCUT2D eigenvalue weighted by Crippen LogP contribution is 2.12. The standard InChI is InChI=1S/C10H17N.2C2H6/c1-5-8(4)9(6-2)10(11)7-3;2*1-2/h5,11H,1,6-7H2,2-4H3;2*1-2H3/b9-8-,11-10?;;. The van der Waals surface area contributed by atoms with Gasteiger partial charge in [0.25, 0.3) is 0 Å². The molecule has 0 aromatic rings.